The van der Waals surface area contributed by atoms with Crippen LogP contribution in [0.4, 0.5) is 0 Å². The van der Waals surface area contributed by atoms with E-state index in [1.54, 1.807) is 18.3 Å². The van der Waals surface area contributed by atoms with Gasteiger partial charge in [0.1, 0.15) is 0 Å². The maximum Gasteiger partial charge on any atom is 0.176 e. The number of benzene rings is 1. The number of ketones is 1. The van der Waals surface area contributed by atoms with Gasteiger partial charge in [-0.2, -0.15) is 0 Å². The maximum atomic E-state index is 11.5. The van der Waals surface area contributed by atoms with Gasteiger partial charge in [-0.3, -0.25) is 4.79 Å². The summed E-state index contributed by atoms with van der Waals surface area (Å²) in [6, 6.07) is 12.2. The number of fused-ring (bicyclic) bond motifs is 1. The fraction of sp³-hybridized carbons (Fsp3) is 0.133. The van der Waals surface area contributed by atoms with Gasteiger partial charge in [0.25, 0.3) is 0 Å². The summed E-state index contributed by atoms with van der Waals surface area (Å²) in [5.41, 5.74) is 2.04. The van der Waals surface area contributed by atoms with Crippen LogP contribution < -0.4 is 0 Å². The summed E-state index contributed by atoms with van der Waals surface area (Å²) in [4.78, 5) is 11.5. The Kier molecular flexibility index (Phi) is 2.76. The Balaban J connectivity index is 2.02. The Morgan fingerprint density at radius 1 is 1.22 bits per heavy atom. The summed E-state index contributed by atoms with van der Waals surface area (Å²) in [7, 11) is 0. The SMILES string of the molecule is CC(=O)c1cccn1Cc1csc2ccccc12. The minimum Gasteiger partial charge on any atom is -0.341 e. The van der Waals surface area contributed by atoms with Crippen LogP contribution in [0.5, 0.6) is 0 Å². The number of carbonyl (C=O) groups excluding carboxylic acids is 1. The van der Waals surface area contributed by atoms with Crippen molar-refractivity contribution in [1.82, 2.24) is 4.57 Å². The number of aromatic nitrogens is 1. The average Bonchev–Trinajstić information content (AvgIpc) is 2.97. The molecule has 1 aromatic carbocycles. The first-order valence-corrected chi connectivity index (χ1v) is 6.75. The van der Waals surface area contributed by atoms with E-state index in [1.807, 2.05) is 22.9 Å². The minimum absolute atomic E-state index is 0.111. The summed E-state index contributed by atoms with van der Waals surface area (Å²) in [5.74, 6) is 0.111. The molecule has 0 amide bonds. The van der Waals surface area contributed by atoms with E-state index < -0.39 is 0 Å². The first kappa shape index (κ1) is 11.2. The highest BCUT2D eigenvalue weighted by atomic mass is 32.1. The van der Waals surface area contributed by atoms with E-state index in [-0.39, 0.29) is 5.78 Å². The quantitative estimate of drug-likeness (QED) is 0.649. The Morgan fingerprint density at radius 2 is 2.06 bits per heavy atom. The lowest BCUT2D eigenvalue weighted by molar-refractivity contribution is 0.100. The van der Waals surface area contributed by atoms with E-state index in [0.29, 0.717) is 0 Å². The highest BCUT2D eigenvalue weighted by Crippen LogP contribution is 2.26. The zero-order chi connectivity index (χ0) is 12.5. The molecule has 0 saturated carbocycles. The zero-order valence-electron chi connectivity index (χ0n) is 10.1. The average molecular weight is 255 g/mol. The van der Waals surface area contributed by atoms with Gasteiger partial charge in [0.05, 0.1) is 5.69 Å². The molecule has 0 saturated heterocycles. The molecule has 0 atom stereocenters. The molecular weight excluding hydrogens is 242 g/mol. The fourth-order valence-corrected chi connectivity index (χ4v) is 3.16. The summed E-state index contributed by atoms with van der Waals surface area (Å²) < 4.78 is 3.31. The Morgan fingerprint density at radius 3 is 2.89 bits per heavy atom. The number of rotatable bonds is 3. The normalized spacial score (nSPS) is 10.9. The van der Waals surface area contributed by atoms with Crippen LogP contribution in [-0.4, -0.2) is 10.4 Å². The van der Waals surface area contributed by atoms with Crippen LogP contribution in [0, 0.1) is 0 Å². The first-order chi connectivity index (χ1) is 8.75. The number of nitrogens with zero attached hydrogens (tertiary/aromatic N) is 1. The first-order valence-electron chi connectivity index (χ1n) is 5.87. The second-order valence-corrected chi connectivity index (χ2v) is 5.25. The van der Waals surface area contributed by atoms with Gasteiger partial charge >= 0.3 is 0 Å². The Hall–Kier alpha value is -1.87. The molecule has 0 radical (unpaired) electrons. The van der Waals surface area contributed by atoms with Gasteiger partial charge in [-0.25, -0.2) is 0 Å². The van der Waals surface area contributed by atoms with Gasteiger partial charge in [-0.05, 0) is 34.5 Å². The molecule has 3 aromatic rings. The molecule has 2 aromatic heterocycles. The molecule has 0 aliphatic carbocycles. The molecule has 2 nitrogen and oxygen atoms in total. The molecular formula is C15H13NOS. The van der Waals surface area contributed by atoms with E-state index in [9.17, 15) is 4.79 Å². The number of hydrogen-bond donors (Lipinski definition) is 0. The Labute approximate surface area is 109 Å². The van der Waals surface area contributed by atoms with Crippen molar-refractivity contribution in [1.29, 1.82) is 0 Å². The predicted octanol–water partition coefficient (Wildman–Crippen LogP) is 3.95. The van der Waals surface area contributed by atoms with E-state index >= 15 is 0 Å². The Bertz CT molecular complexity index is 708. The van der Waals surface area contributed by atoms with Crippen molar-refractivity contribution in [2.45, 2.75) is 13.5 Å². The summed E-state index contributed by atoms with van der Waals surface area (Å²) in [6.45, 7) is 2.36. The summed E-state index contributed by atoms with van der Waals surface area (Å²) in [5, 5.41) is 3.46. The summed E-state index contributed by atoms with van der Waals surface area (Å²) >= 11 is 1.75. The highest BCUT2D eigenvalue weighted by Gasteiger charge is 2.08. The number of Topliss-reactive ketones (excluding diaryl/α,β-unsaturated/α-hetero) is 1. The molecule has 90 valence electrons. The van der Waals surface area contributed by atoms with Crippen LogP contribution in [0.1, 0.15) is 23.0 Å². The lowest BCUT2D eigenvalue weighted by Gasteiger charge is -2.06. The molecule has 3 heteroatoms. The lowest BCUT2D eigenvalue weighted by atomic mass is 10.2. The van der Waals surface area contributed by atoms with Crippen molar-refractivity contribution in [2.75, 3.05) is 0 Å². The maximum absolute atomic E-state index is 11.5. The molecule has 0 aliphatic heterocycles. The number of thiophene rings is 1. The molecule has 2 heterocycles. The smallest absolute Gasteiger partial charge is 0.176 e. The molecule has 3 rings (SSSR count). The van der Waals surface area contributed by atoms with E-state index in [4.69, 9.17) is 0 Å². The zero-order valence-corrected chi connectivity index (χ0v) is 10.9. The second kappa shape index (κ2) is 4.42. The monoisotopic (exact) mass is 255 g/mol. The topological polar surface area (TPSA) is 22.0 Å². The third-order valence-electron chi connectivity index (χ3n) is 3.09. The van der Waals surface area contributed by atoms with Crippen molar-refractivity contribution in [3.05, 3.63) is 59.2 Å². The molecule has 0 fully saturated rings. The van der Waals surface area contributed by atoms with Gasteiger partial charge < -0.3 is 4.57 Å². The van der Waals surface area contributed by atoms with Crippen LogP contribution in [0.15, 0.2) is 48.0 Å². The standard InChI is InChI=1S/C15H13NOS/c1-11(17)14-6-4-8-16(14)9-12-10-18-15-7-3-2-5-13(12)15/h2-8,10H,9H2,1H3. The van der Waals surface area contributed by atoms with Crippen molar-refractivity contribution < 1.29 is 4.79 Å². The molecule has 0 aliphatic rings. The summed E-state index contributed by atoms with van der Waals surface area (Å²) in [6.07, 6.45) is 1.96. The molecule has 0 N–H and O–H groups in total. The van der Waals surface area contributed by atoms with Gasteiger partial charge in [-0.1, -0.05) is 18.2 Å². The van der Waals surface area contributed by atoms with E-state index in [1.165, 1.54) is 15.6 Å². The van der Waals surface area contributed by atoms with Crippen LogP contribution >= 0.6 is 11.3 Å². The second-order valence-electron chi connectivity index (χ2n) is 4.33. The largest absolute Gasteiger partial charge is 0.341 e. The van der Waals surface area contributed by atoms with Gasteiger partial charge in [0.2, 0.25) is 0 Å². The van der Waals surface area contributed by atoms with Crippen LogP contribution in [-0.2, 0) is 6.54 Å². The number of hydrogen-bond acceptors (Lipinski definition) is 2. The van der Waals surface area contributed by atoms with Crippen LogP contribution in [0.2, 0.25) is 0 Å². The van der Waals surface area contributed by atoms with Crippen LogP contribution in [0.25, 0.3) is 10.1 Å². The van der Waals surface area contributed by atoms with Crippen molar-refractivity contribution in [3.8, 4) is 0 Å². The predicted molar refractivity (Wildman–Crippen MR) is 75.4 cm³/mol. The van der Waals surface area contributed by atoms with Gasteiger partial charge in [0, 0.05) is 24.4 Å². The fourth-order valence-electron chi connectivity index (χ4n) is 2.21. The lowest BCUT2D eigenvalue weighted by Crippen LogP contribution is -2.06. The van der Waals surface area contributed by atoms with Crippen LogP contribution in [0.3, 0.4) is 0 Å². The third-order valence-corrected chi connectivity index (χ3v) is 4.10. The molecule has 18 heavy (non-hydrogen) atoms. The van der Waals surface area contributed by atoms with Crippen molar-refractivity contribution >= 4 is 27.2 Å². The number of carbonyl (C=O) groups is 1. The molecule has 0 spiro atoms. The van der Waals surface area contributed by atoms with E-state index in [0.717, 1.165) is 12.2 Å². The van der Waals surface area contributed by atoms with Gasteiger partial charge in [0.15, 0.2) is 5.78 Å². The van der Waals surface area contributed by atoms with Crippen molar-refractivity contribution in [2.24, 2.45) is 0 Å². The van der Waals surface area contributed by atoms with Gasteiger partial charge in [-0.15, -0.1) is 11.3 Å². The van der Waals surface area contributed by atoms with Crippen molar-refractivity contribution in [3.63, 3.8) is 0 Å². The third kappa shape index (κ3) is 1.87. The minimum atomic E-state index is 0.111. The highest BCUT2D eigenvalue weighted by molar-refractivity contribution is 7.17. The van der Waals surface area contributed by atoms with E-state index in [2.05, 4.69) is 29.6 Å². The molecule has 0 bridgehead atoms. The molecule has 0 unspecified atom stereocenters.